The zero-order chi connectivity index (χ0) is 12.5. The van der Waals surface area contributed by atoms with E-state index in [1.54, 1.807) is 12.5 Å². The van der Waals surface area contributed by atoms with Gasteiger partial charge in [0.25, 0.3) is 0 Å². The van der Waals surface area contributed by atoms with Crippen LogP contribution in [-0.4, -0.2) is 9.97 Å². The maximum absolute atomic E-state index is 6.14. The fraction of sp³-hybridized carbons (Fsp3) is 0.0769. The Morgan fingerprint density at radius 1 is 1.28 bits per heavy atom. The van der Waals surface area contributed by atoms with E-state index in [-0.39, 0.29) is 0 Å². The van der Waals surface area contributed by atoms with Crippen molar-refractivity contribution in [2.45, 2.75) is 6.92 Å². The van der Waals surface area contributed by atoms with E-state index in [2.05, 4.69) is 9.97 Å². The molecule has 3 rings (SSSR count). The van der Waals surface area contributed by atoms with Gasteiger partial charge in [0, 0.05) is 11.1 Å². The Morgan fingerprint density at radius 3 is 2.83 bits per heavy atom. The van der Waals surface area contributed by atoms with Crippen molar-refractivity contribution >= 4 is 22.9 Å². The van der Waals surface area contributed by atoms with Gasteiger partial charge in [-0.25, -0.2) is 4.98 Å². The van der Waals surface area contributed by atoms with Crippen LogP contribution in [0.4, 0.5) is 0 Å². The molecule has 0 radical (unpaired) electrons. The van der Waals surface area contributed by atoms with E-state index in [0.29, 0.717) is 15.9 Å². The molecule has 0 amide bonds. The van der Waals surface area contributed by atoms with Crippen molar-refractivity contribution in [3.05, 3.63) is 45.9 Å². The van der Waals surface area contributed by atoms with Crippen LogP contribution in [-0.2, 0) is 0 Å². The second-order valence-corrected chi connectivity index (χ2v) is 5.66. The molecule has 0 fully saturated rings. The maximum atomic E-state index is 6.14. The average molecular weight is 277 g/mol. The summed E-state index contributed by atoms with van der Waals surface area (Å²) in [6, 6.07) is 7.64. The van der Waals surface area contributed by atoms with Crippen LogP contribution in [0.25, 0.3) is 22.8 Å². The highest BCUT2D eigenvalue weighted by Gasteiger charge is 2.14. The van der Waals surface area contributed by atoms with Gasteiger partial charge >= 0.3 is 0 Å². The summed E-state index contributed by atoms with van der Waals surface area (Å²) in [7, 11) is 0. The van der Waals surface area contributed by atoms with Crippen molar-refractivity contribution in [3.63, 3.8) is 0 Å². The van der Waals surface area contributed by atoms with Crippen LogP contribution in [0.1, 0.15) is 4.88 Å². The first-order valence-electron chi connectivity index (χ1n) is 5.37. The lowest BCUT2D eigenvalue weighted by Crippen LogP contribution is -1.81. The minimum Gasteiger partial charge on any atom is -0.444 e. The summed E-state index contributed by atoms with van der Waals surface area (Å²) in [5, 5.41) is 0. The van der Waals surface area contributed by atoms with Gasteiger partial charge < -0.3 is 4.42 Å². The quantitative estimate of drug-likeness (QED) is 0.695. The van der Waals surface area contributed by atoms with Gasteiger partial charge in [-0.2, -0.15) is 0 Å². The summed E-state index contributed by atoms with van der Waals surface area (Å²) in [6.45, 7) is 2.00. The lowest BCUT2D eigenvalue weighted by molar-refractivity contribution is 0.575. The molecular formula is C13H9ClN2OS. The first-order valence-corrected chi connectivity index (χ1v) is 6.57. The van der Waals surface area contributed by atoms with Crippen LogP contribution in [0, 0.1) is 6.92 Å². The molecule has 3 aromatic rings. The molecule has 0 spiro atoms. The maximum Gasteiger partial charge on any atom is 0.228 e. The zero-order valence-corrected chi connectivity index (χ0v) is 11.1. The first kappa shape index (κ1) is 11.4. The molecule has 0 aromatic carbocycles. The van der Waals surface area contributed by atoms with Gasteiger partial charge in [-0.1, -0.05) is 17.7 Å². The van der Waals surface area contributed by atoms with Crippen molar-refractivity contribution in [1.82, 2.24) is 9.97 Å². The third kappa shape index (κ3) is 2.05. The monoisotopic (exact) mass is 276 g/mol. The van der Waals surface area contributed by atoms with Crippen molar-refractivity contribution in [1.29, 1.82) is 0 Å². The van der Waals surface area contributed by atoms with Crippen molar-refractivity contribution in [2.24, 2.45) is 0 Å². The highest BCUT2D eigenvalue weighted by molar-refractivity contribution is 7.16. The Bertz CT molecular complexity index is 675. The number of rotatable bonds is 2. The molecule has 0 N–H and O–H groups in total. The first-order chi connectivity index (χ1) is 8.74. The normalized spacial score (nSPS) is 10.8. The molecule has 0 aliphatic carbocycles. The van der Waals surface area contributed by atoms with Gasteiger partial charge in [-0.05, 0) is 25.1 Å². The number of halogens is 1. The molecule has 0 saturated heterocycles. The van der Waals surface area contributed by atoms with Gasteiger partial charge in [0.1, 0.15) is 16.3 Å². The number of hydrogen-bond donors (Lipinski definition) is 0. The summed E-state index contributed by atoms with van der Waals surface area (Å²) in [4.78, 5) is 9.78. The lowest BCUT2D eigenvalue weighted by atomic mass is 10.3. The standard InChI is InChI=1S/C13H9ClN2OS/c1-8-6-9(12(14)18-8)13-16-11(7-17-13)10-4-2-3-5-15-10/h2-7H,1H3. The van der Waals surface area contributed by atoms with E-state index < -0.39 is 0 Å². The van der Waals surface area contributed by atoms with E-state index in [0.717, 1.165) is 16.1 Å². The van der Waals surface area contributed by atoms with Crippen molar-refractivity contribution in [3.8, 4) is 22.8 Å². The van der Waals surface area contributed by atoms with Gasteiger partial charge in [-0.3, -0.25) is 4.98 Å². The third-order valence-electron chi connectivity index (χ3n) is 2.47. The summed E-state index contributed by atoms with van der Waals surface area (Å²) in [6.07, 6.45) is 3.33. The number of thiophene rings is 1. The fourth-order valence-electron chi connectivity index (χ4n) is 1.66. The second kappa shape index (κ2) is 4.55. The van der Waals surface area contributed by atoms with Gasteiger partial charge in [0.15, 0.2) is 0 Å². The van der Waals surface area contributed by atoms with E-state index >= 15 is 0 Å². The molecule has 0 bridgehead atoms. The molecule has 0 unspecified atom stereocenters. The third-order valence-corrected chi connectivity index (χ3v) is 3.75. The lowest BCUT2D eigenvalue weighted by Gasteiger charge is -1.92. The van der Waals surface area contributed by atoms with Gasteiger partial charge in [0.2, 0.25) is 5.89 Å². The van der Waals surface area contributed by atoms with Crippen LogP contribution in [0.3, 0.4) is 0 Å². The fourth-order valence-corrected chi connectivity index (χ4v) is 2.88. The van der Waals surface area contributed by atoms with Crippen LogP contribution >= 0.6 is 22.9 Å². The Balaban J connectivity index is 2.02. The van der Waals surface area contributed by atoms with Crippen molar-refractivity contribution < 1.29 is 4.42 Å². The number of aromatic nitrogens is 2. The van der Waals surface area contributed by atoms with Crippen LogP contribution in [0.5, 0.6) is 0 Å². The van der Waals surface area contributed by atoms with Crippen LogP contribution in [0.2, 0.25) is 4.34 Å². The smallest absolute Gasteiger partial charge is 0.228 e. The minimum atomic E-state index is 0.532. The molecule has 0 saturated carbocycles. The number of hydrogen-bond acceptors (Lipinski definition) is 4. The predicted molar refractivity (Wildman–Crippen MR) is 72.8 cm³/mol. The average Bonchev–Trinajstić information content (AvgIpc) is 2.97. The largest absolute Gasteiger partial charge is 0.444 e. The number of pyridine rings is 1. The second-order valence-electron chi connectivity index (χ2n) is 3.80. The molecule has 0 aliphatic heterocycles. The molecule has 5 heteroatoms. The number of aryl methyl sites for hydroxylation is 1. The predicted octanol–water partition coefficient (Wildman–Crippen LogP) is 4.43. The molecular weight excluding hydrogens is 268 g/mol. The molecule has 18 heavy (non-hydrogen) atoms. The zero-order valence-electron chi connectivity index (χ0n) is 9.55. The Labute approximate surface area is 113 Å². The molecule has 0 atom stereocenters. The Morgan fingerprint density at radius 2 is 2.17 bits per heavy atom. The summed E-state index contributed by atoms with van der Waals surface area (Å²) in [5.74, 6) is 0.532. The summed E-state index contributed by atoms with van der Waals surface area (Å²) < 4.78 is 6.17. The molecule has 3 heterocycles. The van der Waals surface area contributed by atoms with E-state index in [9.17, 15) is 0 Å². The highest BCUT2D eigenvalue weighted by Crippen LogP contribution is 2.35. The Hall–Kier alpha value is -1.65. The molecule has 90 valence electrons. The van der Waals surface area contributed by atoms with Crippen LogP contribution < -0.4 is 0 Å². The highest BCUT2D eigenvalue weighted by atomic mass is 35.5. The van der Waals surface area contributed by atoms with Crippen LogP contribution in [0.15, 0.2) is 41.1 Å². The summed E-state index contributed by atoms with van der Waals surface area (Å²) >= 11 is 7.66. The van der Waals surface area contributed by atoms with E-state index in [4.69, 9.17) is 16.0 Å². The van der Waals surface area contributed by atoms with Gasteiger partial charge in [-0.15, -0.1) is 11.3 Å². The van der Waals surface area contributed by atoms with Crippen molar-refractivity contribution in [2.75, 3.05) is 0 Å². The van der Waals surface area contributed by atoms with Gasteiger partial charge in [0.05, 0.1) is 11.3 Å². The SMILES string of the molecule is Cc1cc(-c2nc(-c3ccccn3)co2)c(Cl)s1. The van der Waals surface area contributed by atoms with E-state index in [1.807, 2.05) is 31.2 Å². The molecule has 3 nitrogen and oxygen atoms in total. The number of nitrogens with zero attached hydrogens (tertiary/aromatic N) is 2. The van der Waals surface area contributed by atoms with E-state index in [1.165, 1.54) is 11.3 Å². The molecule has 0 aliphatic rings. The molecule has 3 aromatic heterocycles. The number of oxazole rings is 1. The minimum absolute atomic E-state index is 0.532. The summed E-state index contributed by atoms with van der Waals surface area (Å²) in [5.41, 5.74) is 2.34. The topological polar surface area (TPSA) is 38.9 Å². The Kier molecular flexibility index (Phi) is 2.89.